The van der Waals surface area contributed by atoms with Crippen molar-refractivity contribution >= 4 is 5.91 Å². The van der Waals surface area contributed by atoms with E-state index in [2.05, 4.69) is 24.1 Å². The highest BCUT2D eigenvalue weighted by atomic mass is 16.2. The molecular formula is C14H26N2O. The van der Waals surface area contributed by atoms with Gasteiger partial charge in [0, 0.05) is 12.6 Å². The normalized spacial score (nSPS) is 27.3. The number of nitrogens with one attached hydrogen (secondary N) is 1. The zero-order valence-electron chi connectivity index (χ0n) is 11.2. The molecule has 2 rings (SSSR count). The third kappa shape index (κ3) is 3.44. The van der Waals surface area contributed by atoms with Gasteiger partial charge in [-0.05, 0) is 45.1 Å². The number of carbonyl (C=O) groups is 1. The predicted octanol–water partition coefficient (Wildman–Crippen LogP) is 2.17. The lowest BCUT2D eigenvalue weighted by molar-refractivity contribution is -0.138. The quantitative estimate of drug-likeness (QED) is 0.769. The number of hydrogen-bond acceptors (Lipinski definition) is 2. The Hall–Kier alpha value is -0.570. The van der Waals surface area contributed by atoms with Gasteiger partial charge in [-0.2, -0.15) is 0 Å². The fraction of sp³-hybridized carbons (Fsp3) is 0.929. The molecule has 1 aliphatic heterocycles. The van der Waals surface area contributed by atoms with Crippen molar-refractivity contribution in [1.82, 2.24) is 10.2 Å². The predicted molar refractivity (Wildman–Crippen MR) is 69.8 cm³/mol. The SMILES string of the molecule is CCCNC1CCCN(C(C)CC2CC2)C1=O. The van der Waals surface area contributed by atoms with Gasteiger partial charge in [0.25, 0.3) is 0 Å². The van der Waals surface area contributed by atoms with Crippen LogP contribution in [0.3, 0.4) is 0 Å². The molecule has 0 aromatic heterocycles. The largest absolute Gasteiger partial charge is 0.339 e. The lowest BCUT2D eigenvalue weighted by atomic mass is 10.0. The van der Waals surface area contributed by atoms with Gasteiger partial charge < -0.3 is 10.2 Å². The second-order valence-corrected chi connectivity index (χ2v) is 5.71. The highest BCUT2D eigenvalue weighted by Gasteiger charge is 2.33. The minimum absolute atomic E-state index is 0.0883. The van der Waals surface area contributed by atoms with Crippen molar-refractivity contribution in [1.29, 1.82) is 0 Å². The Kier molecular flexibility index (Phi) is 4.43. The van der Waals surface area contributed by atoms with Crippen LogP contribution in [0.2, 0.25) is 0 Å². The maximum atomic E-state index is 12.3. The van der Waals surface area contributed by atoms with Crippen molar-refractivity contribution in [3.63, 3.8) is 0 Å². The third-order valence-corrected chi connectivity index (χ3v) is 4.02. The molecule has 1 N–H and O–H groups in total. The Balaban J connectivity index is 1.85. The number of amides is 1. The molecule has 0 bridgehead atoms. The minimum atomic E-state index is 0.0883. The molecule has 0 radical (unpaired) electrons. The molecule has 98 valence electrons. The fourth-order valence-electron chi connectivity index (χ4n) is 2.81. The highest BCUT2D eigenvalue weighted by molar-refractivity contribution is 5.82. The molecule has 1 aliphatic carbocycles. The summed E-state index contributed by atoms with van der Waals surface area (Å²) in [6.45, 7) is 6.30. The van der Waals surface area contributed by atoms with Crippen LogP contribution >= 0.6 is 0 Å². The maximum absolute atomic E-state index is 12.3. The molecule has 2 unspecified atom stereocenters. The van der Waals surface area contributed by atoms with Gasteiger partial charge >= 0.3 is 0 Å². The van der Waals surface area contributed by atoms with Crippen LogP contribution in [0.4, 0.5) is 0 Å². The van der Waals surface area contributed by atoms with Crippen LogP contribution in [0.1, 0.15) is 52.4 Å². The number of rotatable bonds is 6. The van der Waals surface area contributed by atoms with E-state index < -0.39 is 0 Å². The summed E-state index contributed by atoms with van der Waals surface area (Å²) < 4.78 is 0. The van der Waals surface area contributed by atoms with E-state index in [4.69, 9.17) is 0 Å². The molecule has 0 aromatic carbocycles. The Morgan fingerprint density at radius 3 is 2.82 bits per heavy atom. The van der Waals surface area contributed by atoms with Gasteiger partial charge in [-0.3, -0.25) is 4.79 Å². The van der Waals surface area contributed by atoms with Crippen molar-refractivity contribution in [2.24, 2.45) is 5.92 Å². The van der Waals surface area contributed by atoms with Crippen LogP contribution in [0, 0.1) is 5.92 Å². The van der Waals surface area contributed by atoms with E-state index in [1.165, 1.54) is 19.3 Å². The van der Waals surface area contributed by atoms with Crippen LogP contribution < -0.4 is 5.32 Å². The van der Waals surface area contributed by atoms with Crippen molar-refractivity contribution in [3.8, 4) is 0 Å². The van der Waals surface area contributed by atoms with E-state index in [1.807, 2.05) is 0 Å². The first-order valence-electron chi connectivity index (χ1n) is 7.26. The maximum Gasteiger partial charge on any atom is 0.239 e. The number of hydrogen-bond donors (Lipinski definition) is 1. The fourth-order valence-corrected chi connectivity index (χ4v) is 2.81. The second kappa shape index (κ2) is 5.85. The van der Waals surface area contributed by atoms with Gasteiger partial charge in [-0.1, -0.05) is 19.8 Å². The monoisotopic (exact) mass is 238 g/mol. The zero-order chi connectivity index (χ0) is 12.3. The molecule has 2 fully saturated rings. The molecule has 0 aromatic rings. The van der Waals surface area contributed by atoms with Gasteiger partial charge in [0.15, 0.2) is 0 Å². The molecule has 2 atom stereocenters. The van der Waals surface area contributed by atoms with Crippen LogP contribution in [0.5, 0.6) is 0 Å². The van der Waals surface area contributed by atoms with Gasteiger partial charge in [-0.25, -0.2) is 0 Å². The number of carbonyl (C=O) groups excluding carboxylic acids is 1. The van der Waals surface area contributed by atoms with Gasteiger partial charge in [-0.15, -0.1) is 0 Å². The van der Waals surface area contributed by atoms with Crippen LogP contribution in [0.15, 0.2) is 0 Å². The van der Waals surface area contributed by atoms with Crippen molar-refractivity contribution < 1.29 is 4.79 Å². The first-order valence-corrected chi connectivity index (χ1v) is 7.26. The Morgan fingerprint density at radius 1 is 1.41 bits per heavy atom. The van der Waals surface area contributed by atoms with Crippen LogP contribution in [0.25, 0.3) is 0 Å². The molecule has 1 saturated heterocycles. The molecule has 1 amide bonds. The Labute approximate surface area is 105 Å². The summed E-state index contributed by atoms with van der Waals surface area (Å²) in [6.07, 6.45) is 7.25. The first-order chi connectivity index (χ1) is 8.22. The zero-order valence-corrected chi connectivity index (χ0v) is 11.2. The third-order valence-electron chi connectivity index (χ3n) is 4.02. The molecule has 1 heterocycles. The van der Waals surface area contributed by atoms with E-state index in [-0.39, 0.29) is 6.04 Å². The summed E-state index contributed by atoms with van der Waals surface area (Å²) in [5.74, 6) is 1.25. The molecule has 2 aliphatic rings. The Bertz CT molecular complexity index is 263. The van der Waals surface area contributed by atoms with Gasteiger partial charge in [0.1, 0.15) is 0 Å². The lowest BCUT2D eigenvalue weighted by Gasteiger charge is -2.37. The van der Waals surface area contributed by atoms with Crippen molar-refractivity contribution in [2.75, 3.05) is 13.1 Å². The topological polar surface area (TPSA) is 32.3 Å². The smallest absolute Gasteiger partial charge is 0.239 e. The summed E-state index contributed by atoms with van der Waals surface area (Å²) in [4.78, 5) is 14.5. The molecular weight excluding hydrogens is 212 g/mol. The van der Waals surface area contributed by atoms with E-state index in [0.717, 1.165) is 38.3 Å². The molecule has 3 heteroatoms. The number of likely N-dealkylation sites (tertiary alicyclic amines) is 1. The summed E-state index contributed by atoms with van der Waals surface area (Å²) in [5, 5.41) is 3.38. The molecule has 17 heavy (non-hydrogen) atoms. The minimum Gasteiger partial charge on any atom is -0.339 e. The summed E-state index contributed by atoms with van der Waals surface area (Å²) in [7, 11) is 0. The lowest BCUT2D eigenvalue weighted by Crippen LogP contribution is -2.53. The molecule has 3 nitrogen and oxygen atoms in total. The molecule has 0 spiro atoms. The second-order valence-electron chi connectivity index (χ2n) is 5.71. The highest BCUT2D eigenvalue weighted by Crippen LogP contribution is 2.35. The summed E-state index contributed by atoms with van der Waals surface area (Å²) in [6, 6.07) is 0.534. The Morgan fingerprint density at radius 2 is 2.18 bits per heavy atom. The standard InChI is InChI=1S/C14H26N2O/c1-3-8-15-13-5-4-9-16(14(13)17)11(2)10-12-6-7-12/h11-13,15H,3-10H2,1-2H3. The van der Waals surface area contributed by atoms with Crippen LogP contribution in [-0.4, -0.2) is 36.0 Å². The number of nitrogens with zero attached hydrogens (tertiary/aromatic N) is 1. The van der Waals surface area contributed by atoms with Crippen molar-refractivity contribution in [3.05, 3.63) is 0 Å². The summed E-state index contributed by atoms with van der Waals surface area (Å²) in [5.41, 5.74) is 0. The van der Waals surface area contributed by atoms with Gasteiger partial charge in [0.05, 0.1) is 6.04 Å². The van der Waals surface area contributed by atoms with E-state index >= 15 is 0 Å². The van der Waals surface area contributed by atoms with E-state index in [0.29, 0.717) is 11.9 Å². The van der Waals surface area contributed by atoms with Crippen LogP contribution in [-0.2, 0) is 4.79 Å². The average Bonchev–Trinajstić information content (AvgIpc) is 3.11. The van der Waals surface area contributed by atoms with Crippen molar-refractivity contribution in [2.45, 2.75) is 64.5 Å². The summed E-state index contributed by atoms with van der Waals surface area (Å²) >= 11 is 0. The van der Waals surface area contributed by atoms with Gasteiger partial charge in [0.2, 0.25) is 5.91 Å². The van der Waals surface area contributed by atoms with E-state index in [1.54, 1.807) is 0 Å². The molecule has 1 saturated carbocycles. The van der Waals surface area contributed by atoms with E-state index in [9.17, 15) is 4.79 Å². The first kappa shape index (κ1) is 12.9. The number of piperidine rings is 1. The average molecular weight is 238 g/mol.